The third kappa shape index (κ3) is 3.44. The van der Waals surface area contributed by atoms with Gasteiger partial charge in [-0.2, -0.15) is 0 Å². The van der Waals surface area contributed by atoms with Crippen LogP contribution in [0.15, 0.2) is 29.3 Å². The van der Waals surface area contributed by atoms with E-state index in [4.69, 9.17) is 5.73 Å². The average molecular weight is 408 g/mol. The molecule has 5 rings (SSSR count). The van der Waals surface area contributed by atoms with Crippen LogP contribution in [0.1, 0.15) is 37.3 Å². The summed E-state index contributed by atoms with van der Waals surface area (Å²) in [6.07, 6.45) is 3.91. The molecular formula is C21H24N6O3. The number of fused-ring (bicyclic) bond motifs is 4. The van der Waals surface area contributed by atoms with Gasteiger partial charge in [0.25, 0.3) is 5.56 Å². The Balaban J connectivity index is 1.40. The maximum absolute atomic E-state index is 12.9. The van der Waals surface area contributed by atoms with Crippen molar-refractivity contribution in [3.63, 3.8) is 0 Å². The molecule has 2 amide bonds. The predicted octanol–water partition coefficient (Wildman–Crippen LogP) is 0.502. The molecule has 0 radical (unpaired) electrons. The van der Waals surface area contributed by atoms with E-state index in [-0.39, 0.29) is 35.3 Å². The zero-order valence-electron chi connectivity index (χ0n) is 16.6. The van der Waals surface area contributed by atoms with Crippen LogP contribution in [0, 0.1) is 5.92 Å². The number of aromatic nitrogens is 3. The number of carbonyl (C=O) groups excluding carboxylic acids is 2. The van der Waals surface area contributed by atoms with Gasteiger partial charge >= 0.3 is 0 Å². The molecule has 5 heterocycles. The van der Waals surface area contributed by atoms with Crippen LogP contribution in [-0.2, 0) is 16.1 Å². The molecule has 2 aromatic rings. The van der Waals surface area contributed by atoms with Gasteiger partial charge in [0.05, 0.1) is 5.69 Å². The Hall–Kier alpha value is -3.23. The van der Waals surface area contributed by atoms with Gasteiger partial charge in [0, 0.05) is 67.8 Å². The molecule has 3 N–H and O–H groups in total. The largest absolute Gasteiger partial charge is 0.384 e. The van der Waals surface area contributed by atoms with E-state index in [2.05, 4.69) is 15.3 Å². The van der Waals surface area contributed by atoms with Gasteiger partial charge in [-0.25, -0.2) is 9.97 Å². The van der Waals surface area contributed by atoms with Crippen molar-refractivity contribution in [2.24, 2.45) is 5.92 Å². The summed E-state index contributed by atoms with van der Waals surface area (Å²) in [5, 5.41) is 2.87. The molecule has 2 saturated heterocycles. The van der Waals surface area contributed by atoms with Crippen LogP contribution in [0.5, 0.6) is 0 Å². The monoisotopic (exact) mass is 408 g/mol. The minimum absolute atomic E-state index is 0.0227. The highest BCUT2D eigenvalue weighted by Crippen LogP contribution is 2.36. The highest BCUT2D eigenvalue weighted by atomic mass is 16.2. The molecule has 9 heteroatoms. The molecule has 9 nitrogen and oxygen atoms in total. The molecule has 0 saturated carbocycles. The summed E-state index contributed by atoms with van der Waals surface area (Å²) in [6, 6.07) is 5.19. The van der Waals surface area contributed by atoms with Gasteiger partial charge in [-0.1, -0.05) is 0 Å². The van der Waals surface area contributed by atoms with E-state index in [9.17, 15) is 14.4 Å². The number of hydrogen-bond acceptors (Lipinski definition) is 6. The lowest BCUT2D eigenvalue weighted by molar-refractivity contribution is -0.134. The molecule has 156 valence electrons. The molecule has 2 bridgehead atoms. The third-order valence-electron chi connectivity index (χ3n) is 6.40. The molecule has 3 aliphatic rings. The number of likely N-dealkylation sites (tertiary alicyclic amines) is 1. The van der Waals surface area contributed by atoms with Crippen molar-refractivity contribution < 1.29 is 9.59 Å². The predicted molar refractivity (Wildman–Crippen MR) is 109 cm³/mol. The average Bonchev–Trinajstić information content (AvgIpc) is 3.13. The highest BCUT2D eigenvalue weighted by Gasteiger charge is 2.37. The van der Waals surface area contributed by atoms with E-state index in [0.717, 1.165) is 24.1 Å². The van der Waals surface area contributed by atoms with Gasteiger partial charge in [-0.05, 0) is 24.8 Å². The maximum Gasteiger partial charge on any atom is 0.251 e. The summed E-state index contributed by atoms with van der Waals surface area (Å²) < 4.78 is 1.84. The van der Waals surface area contributed by atoms with Gasteiger partial charge in [0.2, 0.25) is 11.8 Å². The normalized spacial score (nSPS) is 25.0. The second-order valence-corrected chi connectivity index (χ2v) is 8.55. The summed E-state index contributed by atoms with van der Waals surface area (Å²) in [5.74, 6) is 0.816. The zero-order valence-corrected chi connectivity index (χ0v) is 16.6. The molecular weight excluding hydrogens is 384 g/mol. The van der Waals surface area contributed by atoms with Crippen molar-refractivity contribution >= 4 is 17.6 Å². The number of piperidine rings is 1. The molecule has 0 unspecified atom stereocenters. The number of rotatable bonds is 3. The van der Waals surface area contributed by atoms with Crippen LogP contribution in [0.3, 0.4) is 0 Å². The minimum atomic E-state index is -0.0588. The lowest BCUT2D eigenvalue weighted by atomic mass is 9.82. The quantitative estimate of drug-likeness (QED) is 0.762. The Morgan fingerprint density at radius 1 is 1.17 bits per heavy atom. The van der Waals surface area contributed by atoms with E-state index in [1.807, 2.05) is 15.5 Å². The van der Waals surface area contributed by atoms with Gasteiger partial charge < -0.3 is 20.5 Å². The van der Waals surface area contributed by atoms with Crippen molar-refractivity contribution in [2.45, 2.75) is 44.2 Å². The molecule has 2 aromatic heterocycles. The zero-order chi connectivity index (χ0) is 20.8. The second kappa shape index (κ2) is 7.23. The fraction of sp³-hybridized carbons (Fsp3) is 0.476. The van der Waals surface area contributed by atoms with Crippen molar-refractivity contribution in [2.75, 3.05) is 18.8 Å². The molecule has 0 aliphatic carbocycles. The molecule has 0 aromatic carbocycles. The van der Waals surface area contributed by atoms with Gasteiger partial charge in [-0.3, -0.25) is 14.4 Å². The van der Waals surface area contributed by atoms with Crippen molar-refractivity contribution in [1.82, 2.24) is 24.8 Å². The minimum Gasteiger partial charge on any atom is -0.384 e. The van der Waals surface area contributed by atoms with Crippen molar-refractivity contribution in [1.29, 1.82) is 0 Å². The van der Waals surface area contributed by atoms with E-state index in [1.165, 1.54) is 6.33 Å². The Morgan fingerprint density at radius 2 is 2.03 bits per heavy atom. The summed E-state index contributed by atoms with van der Waals surface area (Å²) >= 11 is 0. The number of nitrogens with one attached hydrogen (secondary N) is 1. The first-order valence-electron chi connectivity index (χ1n) is 10.4. The fourth-order valence-corrected chi connectivity index (χ4v) is 5.01. The third-order valence-corrected chi connectivity index (χ3v) is 6.40. The van der Waals surface area contributed by atoms with Crippen LogP contribution in [0.25, 0.3) is 11.3 Å². The summed E-state index contributed by atoms with van der Waals surface area (Å²) in [6.45, 7) is 1.86. The van der Waals surface area contributed by atoms with Crippen LogP contribution < -0.4 is 16.6 Å². The number of pyridine rings is 1. The van der Waals surface area contributed by atoms with Crippen LogP contribution >= 0.6 is 0 Å². The first kappa shape index (κ1) is 18.8. The lowest BCUT2D eigenvalue weighted by Gasteiger charge is -2.43. The number of nitrogens with zero attached hydrogens (tertiary/aromatic N) is 4. The van der Waals surface area contributed by atoms with E-state index in [0.29, 0.717) is 44.0 Å². The Labute approximate surface area is 173 Å². The van der Waals surface area contributed by atoms with Crippen LogP contribution in [-0.4, -0.2) is 50.4 Å². The number of nitrogens with two attached hydrogens (primary N) is 1. The molecule has 30 heavy (non-hydrogen) atoms. The number of hydrogen-bond donors (Lipinski definition) is 2. The van der Waals surface area contributed by atoms with E-state index >= 15 is 0 Å². The summed E-state index contributed by atoms with van der Waals surface area (Å²) in [5.41, 5.74) is 8.00. The smallest absolute Gasteiger partial charge is 0.251 e. The second-order valence-electron chi connectivity index (χ2n) is 8.55. The first-order chi connectivity index (χ1) is 14.5. The fourth-order valence-electron chi connectivity index (χ4n) is 5.01. The van der Waals surface area contributed by atoms with Gasteiger partial charge in [0.15, 0.2) is 0 Å². The Bertz CT molecular complexity index is 1080. The molecule has 0 spiro atoms. The van der Waals surface area contributed by atoms with Crippen LogP contribution in [0.2, 0.25) is 0 Å². The van der Waals surface area contributed by atoms with Crippen molar-refractivity contribution in [3.8, 4) is 11.3 Å². The SMILES string of the molecule is Nc1cc(-c2cc3n(c(=O)c2)C[C@H]2C[C@@H]3CN(C(=O)C[C@H]3CCC(=O)N3)C2)ncn1. The van der Waals surface area contributed by atoms with Gasteiger partial charge in [0.1, 0.15) is 12.1 Å². The molecule has 2 fully saturated rings. The Morgan fingerprint density at radius 3 is 2.80 bits per heavy atom. The molecule has 3 aliphatic heterocycles. The Kier molecular flexibility index (Phi) is 4.52. The van der Waals surface area contributed by atoms with E-state index in [1.54, 1.807) is 12.1 Å². The number of nitrogen functional groups attached to an aromatic ring is 1. The van der Waals surface area contributed by atoms with Crippen molar-refractivity contribution in [3.05, 3.63) is 40.6 Å². The first-order valence-corrected chi connectivity index (χ1v) is 10.4. The van der Waals surface area contributed by atoms with Gasteiger partial charge in [-0.15, -0.1) is 0 Å². The lowest BCUT2D eigenvalue weighted by Crippen LogP contribution is -2.50. The van der Waals surface area contributed by atoms with E-state index < -0.39 is 0 Å². The van der Waals surface area contributed by atoms with Crippen LogP contribution in [0.4, 0.5) is 5.82 Å². The number of carbonyl (C=O) groups is 2. The summed E-state index contributed by atoms with van der Waals surface area (Å²) in [4.78, 5) is 47.2. The summed E-state index contributed by atoms with van der Waals surface area (Å²) in [7, 11) is 0. The standard InChI is InChI=1S/C21H24N6O3/c22-18-7-16(23-11-24-18)13-4-17-14-3-12(9-27(17)21(30)5-13)8-26(10-14)20(29)6-15-1-2-19(28)25-15/h4-5,7,11-12,14-15H,1-3,6,8-10H2,(H,25,28)(H2,22,23,24)/t12-,14+,15+/m0/s1. The number of anilines is 1. The topological polar surface area (TPSA) is 123 Å². The number of amides is 2. The maximum atomic E-state index is 12.9. The molecule has 3 atom stereocenters. The highest BCUT2D eigenvalue weighted by molar-refractivity contribution is 5.82.